The Hall–Kier alpha value is -4.44. The molecule has 36 heteroatoms. The molecule has 36 nitrogen and oxygen atoms in total. The van der Waals surface area contributed by atoms with Gasteiger partial charge in [0.1, 0.15) is 133 Å². The van der Waals surface area contributed by atoms with Crippen LogP contribution in [0.3, 0.4) is 0 Å². The summed E-state index contributed by atoms with van der Waals surface area (Å²) in [4.78, 5) is 52.8. The molecule has 0 saturated carbocycles. The lowest BCUT2D eigenvalue weighted by atomic mass is 9.88. The fraction of sp³-hybridized carbons (Fsp3) is 0.829. The van der Waals surface area contributed by atoms with Gasteiger partial charge >= 0.3 is 0 Å². The number of carbonyl (C=O) groups excluding carboxylic acids is 4. The number of aliphatic hydroxyl groups excluding tert-OH is 16. The van der Waals surface area contributed by atoms with E-state index in [0.29, 0.717) is 17.7 Å². The highest BCUT2D eigenvalue weighted by molar-refractivity contribution is 5.76. The molecule has 2 unspecified atom stereocenters. The van der Waals surface area contributed by atoms with Gasteiger partial charge in [0.2, 0.25) is 23.5 Å². The van der Waals surface area contributed by atoms with Crippen molar-refractivity contribution in [3.8, 4) is 5.75 Å². The molecule has 5 saturated heterocycles. The number of ether oxygens (including phenoxy) is 11. The fourth-order valence-corrected chi connectivity index (χ4v) is 13.4. The van der Waals surface area contributed by atoms with E-state index in [1.165, 1.54) is 63.9 Å². The third-order valence-corrected chi connectivity index (χ3v) is 19.1. The van der Waals surface area contributed by atoms with Crippen molar-refractivity contribution in [1.82, 2.24) is 22.1 Å². The van der Waals surface area contributed by atoms with Gasteiger partial charge in [0, 0.05) is 26.7 Å². The third kappa shape index (κ3) is 26.1. The van der Waals surface area contributed by atoms with Crippen LogP contribution in [0.4, 0.5) is 0 Å². The Morgan fingerprint density at radius 1 is 0.585 bits per heavy atom. The summed E-state index contributed by atoms with van der Waals surface area (Å²) in [6.45, 7) is 3.57. The van der Waals surface area contributed by atoms with E-state index in [-0.39, 0.29) is 12.6 Å². The number of carboxylic acid groups (broad SMARTS) is 1. The van der Waals surface area contributed by atoms with Crippen LogP contribution < -0.4 is 31.9 Å². The molecule has 23 N–H and O–H groups in total. The van der Waals surface area contributed by atoms with Gasteiger partial charge in [-0.15, -0.1) is 0 Å². The summed E-state index contributed by atoms with van der Waals surface area (Å²) in [5.74, 6) is -7.60. The van der Waals surface area contributed by atoms with Crippen LogP contribution in [0.15, 0.2) is 30.3 Å². The van der Waals surface area contributed by atoms with Gasteiger partial charge in [0.15, 0.2) is 25.2 Å². The number of aliphatic carboxylic acids is 1. The zero-order chi connectivity index (χ0) is 77.5. The van der Waals surface area contributed by atoms with Crippen molar-refractivity contribution in [2.75, 3.05) is 39.6 Å². The van der Waals surface area contributed by atoms with Crippen molar-refractivity contribution in [1.29, 1.82) is 0 Å². The molecule has 0 bridgehead atoms. The molecular weight excluding hydrogens is 1410 g/mol. The van der Waals surface area contributed by atoms with Gasteiger partial charge in [0.25, 0.3) is 0 Å². The van der Waals surface area contributed by atoms with Crippen LogP contribution in [0.1, 0.15) is 156 Å². The molecule has 0 radical (unpaired) electrons. The summed E-state index contributed by atoms with van der Waals surface area (Å²) < 4.78 is 65.7. The summed E-state index contributed by atoms with van der Waals surface area (Å²) in [5.41, 5.74) is 0.164. The highest BCUT2D eigenvalue weighted by Crippen LogP contribution is 2.41. The number of carboxylic acids is 1. The minimum atomic E-state index is -3.51. The van der Waals surface area contributed by atoms with Crippen LogP contribution in [-0.4, -0.2) is 322 Å². The first-order chi connectivity index (χ1) is 49.9. The SMILES string of the molecule is CCCCCCCCCCCCCCCCCC(=O)N[C@@H](CO[C@@H]1O[C@H](CO)[C@@H](O[C@@H]2O[C@H](CO)[C@H](O[C@@H]3O[C@H](CO)[C@H](O)[C@H](O[C@@H]4O[C@H](CO)[C@H](O)[C@H](O)[C@H]4O)[C@H]3NC(C)=O)[C@H](O[C@]3(C(=O)[O-])C[C@H](O)C(NC(C)=O)C([C@H](O)[C@H](O)CO)O3)[C@H]2O)[C@H](O)[C@H]1O)[C@H](O)/C=C/c1ccc(OC(C)(C)C)cc1.[NH4+]. The zero-order valence-electron chi connectivity index (χ0n) is 61.5. The molecule has 5 heterocycles. The van der Waals surface area contributed by atoms with Gasteiger partial charge in [-0.05, 0) is 44.9 Å². The van der Waals surface area contributed by atoms with E-state index < -0.39 is 247 Å². The Morgan fingerprint density at radius 3 is 1.60 bits per heavy atom. The summed E-state index contributed by atoms with van der Waals surface area (Å²) in [6.07, 6.45) is -31.7. The smallest absolute Gasteiger partial charge is 0.220 e. The quantitative estimate of drug-likeness (QED) is 0.0275. The van der Waals surface area contributed by atoms with E-state index in [0.717, 1.165) is 46.0 Å². The average Bonchev–Trinajstić information content (AvgIpc) is 0.736. The van der Waals surface area contributed by atoms with Gasteiger partial charge in [-0.1, -0.05) is 121 Å². The Morgan fingerprint density at radius 2 is 1.07 bits per heavy atom. The van der Waals surface area contributed by atoms with Gasteiger partial charge < -0.3 is 166 Å². The molecule has 612 valence electrons. The molecule has 28 atom stereocenters. The number of unbranched alkanes of at least 4 members (excludes halogenated alkanes) is 14. The minimum absolute atomic E-state index is 0. The molecule has 3 amide bonds. The molecule has 5 aliphatic rings. The second-order valence-electron chi connectivity index (χ2n) is 28.6. The molecular formula is C70H120N4O32. The van der Waals surface area contributed by atoms with Gasteiger partial charge in [0.05, 0.1) is 63.9 Å². The van der Waals surface area contributed by atoms with E-state index in [2.05, 4.69) is 22.9 Å². The molecule has 0 spiro atoms. The third-order valence-electron chi connectivity index (χ3n) is 19.1. The Kier molecular flexibility index (Phi) is 38.7. The lowest BCUT2D eigenvalue weighted by Gasteiger charge is -2.54. The lowest BCUT2D eigenvalue weighted by Crippen LogP contribution is -2.73. The van der Waals surface area contributed by atoms with E-state index in [9.17, 15) is 106 Å². The van der Waals surface area contributed by atoms with E-state index in [1.54, 1.807) is 30.3 Å². The largest absolute Gasteiger partial charge is 0.544 e. The lowest BCUT2D eigenvalue weighted by molar-refractivity contribution is -0.421. The minimum Gasteiger partial charge on any atom is -0.544 e. The number of aliphatic hydroxyl groups is 16. The maximum atomic E-state index is 13.7. The van der Waals surface area contributed by atoms with Crippen molar-refractivity contribution in [3.63, 3.8) is 0 Å². The maximum absolute atomic E-state index is 13.7. The Balaban J connectivity index is 0.0000202. The number of benzene rings is 1. The number of rotatable bonds is 42. The van der Waals surface area contributed by atoms with Crippen molar-refractivity contribution in [3.05, 3.63) is 35.9 Å². The average molecular weight is 1530 g/mol. The normalized spacial score (nSPS) is 34.8. The van der Waals surface area contributed by atoms with Crippen LogP contribution in [0.25, 0.3) is 6.08 Å². The van der Waals surface area contributed by atoms with E-state index in [1.807, 2.05) is 20.8 Å². The highest BCUT2D eigenvalue weighted by Gasteiger charge is 2.61. The molecule has 1 aromatic rings. The number of nitrogens with one attached hydrogen (secondary N) is 3. The topological polar surface area (TPSA) is 589 Å². The van der Waals surface area contributed by atoms with Crippen LogP contribution in [0.5, 0.6) is 5.75 Å². The summed E-state index contributed by atoms with van der Waals surface area (Å²) >= 11 is 0. The summed E-state index contributed by atoms with van der Waals surface area (Å²) in [6, 6.07) is 2.00. The van der Waals surface area contributed by atoms with Crippen molar-refractivity contribution >= 4 is 29.8 Å². The number of hydrogen-bond acceptors (Lipinski definition) is 32. The first-order valence-electron chi connectivity index (χ1n) is 36.5. The number of carbonyl (C=O) groups is 4. The predicted octanol–water partition coefficient (Wildman–Crippen LogP) is -4.37. The number of hydrogen-bond donors (Lipinski definition) is 20. The molecule has 1 aromatic carbocycles. The predicted molar refractivity (Wildman–Crippen MR) is 367 cm³/mol. The summed E-state index contributed by atoms with van der Waals surface area (Å²) in [7, 11) is 0. The van der Waals surface area contributed by atoms with E-state index in [4.69, 9.17) is 52.1 Å². The molecule has 0 aliphatic carbocycles. The molecule has 0 aromatic heterocycles. The van der Waals surface area contributed by atoms with Crippen molar-refractivity contribution in [2.24, 2.45) is 0 Å². The first kappa shape index (κ1) is 92.2. The zero-order valence-corrected chi connectivity index (χ0v) is 61.5. The van der Waals surface area contributed by atoms with Crippen LogP contribution in [-0.2, 0) is 66.5 Å². The van der Waals surface area contributed by atoms with Crippen molar-refractivity contribution < 1.29 is 158 Å². The first-order valence-corrected chi connectivity index (χ1v) is 36.5. The maximum Gasteiger partial charge on any atom is 0.220 e. The summed E-state index contributed by atoms with van der Waals surface area (Å²) in [5, 5.41) is 199. The van der Waals surface area contributed by atoms with Gasteiger partial charge in [-0.3, -0.25) is 14.4 Å². The standard InChI is InChI=1S/C70H117N3O32.H3N/c1-7-8-9-10-11-12-13-14-15-16-17-18-19-20-21-22-48(84)73-40(41(81)28-25-38-23-26-39(27-24-38)103-69(4,5)6)35-95-65-57(91)55(89)59(46(33-77)98-65)100-67-58(92)63(105-70(68(93)94)29-42(82)49(71-36(2)79)62(104-70)51(85)43(83)30-74)60(47(34-78)99-67)101-64-50(72-37(3)80)61(53(87)45(32-76)96-64)102-66-56(90)54(88)52(86)44(31-75)97-66;/h23-28,40-47,49-67,74-78,81-83,85-92H,7-22,29-35H2,1-6H3,(H,71,79)(H,72,80)(H,73,84)(H,93,94);1H3/b28-25+;/t40-,41+,42-,43+,44+,45+,46+,47+,49?,50+,51+,52-,53-,54-,55+,56+,57+,58+,59+,60-,61+,62?,63+,64-,65+,66-,67-,70-;/m0./s1. The number of amides is 3. The van der Waals surface area contributed by atoms with Crippen LogP contribution in [0.2, 0.25) is 0 Å². The number of quaternary nitrogens is 1. The second kappa shape index (κ2) is 44.6. The molecule has 106 heavy (non-hydrogen) atoms. The van der Waals surface area contributed by atoms with E-state index >= 15 is 0 Å². The van der Waals surface area contributed by atoms with Gasteiger partial charge in [-0.2, -0.15) is 0 Å². The highest BCUT2D eigenvalue weighted by atomic mass is 16.8. The van der Waals surface area contributed by atoms with Crippen LogP contribution >= 0.6 is 0 Å². The van der Waals surface area contributed by atoms with Crippen molar-refractivity contribution in [2.45, 2.75) is 327 Å². The second-order valence-corrected chi connectivity index (χ2v) is 28.6. The Bertz CT molecular complexity index is 2760. The molecule has 5 fully saturated rings. The van der Waals surface area contributed by atoms with Gasteiger partial charge in [-0.25, -0.2) is 0 Å². The monoisotopic (exact) mass is 1530 g/mol. The fourth-order valence-electron chi connectivity index (χ4n) is 13.4. The molecule has 5 aliphatic heterocycles. The molecule has 6 rings (SSSR count). The van der Waals surface area contributed by atoms with Crippen LogP contribution in [0, 0.1) is 0 Å². The Labute approximate surface area is 616 Å².